The molecule has 1 heterocycles. The average molecular weight is 331 g/mol. The van der Waals surface area contributed by atoms with Crippen LogP contribution >= 0.6 is 31.9 Å². The summed E-state index contributed by atoms with van der Waals surface area (Å²) in [4.78, 5) is 3.76. The summed E-state index contributed by atoms with van der Waals surface area (Å²) in [5, 5.41) is 9.28. The van der Waals surface area contributed by atoms with Crippen molar-refractivity contribution in [3.63, 3.8) is 0 Å². The van der Waals surface area contributed by atoms with E-state index in [0.29, 0.717) is 16.6 Å². The lowest BCUT2D eigenvalue weighted by atomic mass is 10.2. The SMILES string of the molecule is OCc1cc(Br)c(C(F)F)nc1CBr. The van der Waals surface area contributed by atoms with E-state index < -0.39 is 6.43 Å². The molecule has 0 radical (unpaired) electrons. The lowest BCUT2D eigenvalue weighted by Crippen LogP contribution is -2.01. The molecule has 0 amide bonds. The molecule has 14 heavy (non-hydrogen) atoms. The first kappa shape index (κ1) is 12.0. The molecule has 0 fully saturated rings. The van der Waals surface area contributed by atoms with E-state index in [1.165, 1.54) is 6.07 Å². The van der Waals surface area contributed by atoms with Gasteiger partial charge in [0.15, 0.2) is 0 Å². The third-order valence-electron chi connectivity index (χ3n) is 1.68. The van der Waals surface area contributed by atoms with Gasteiger partial charge in [-0.2, -0.15) is 0 Å². The largest absolute Gasteiger partial charge is 0.392 e. The molecule has 0 spiro atoms. The Kier molecular flexibility index (Phi) is 4.40. The van der Waals surface area contributed by atoms with Gasteiger partial charge in [-0.05, 0) is 22.0 Å². The van der Waals surface area contributed by atoms with E-state index in [1.807, 2.05) is 0 Å². The third-order valence-corrected chi connectivity index (χ3v) is 2.84. The first-order valence-corrected chi connectivity index (χ1v) is 5.64. The van der Waals surface area contributed by atoms with Crippen LogP contribution in [0.4, 0.5) is 8.78 Å². The summed E-state index contributed by atoms with van der Waals surface area (Å²) < 4.78 is 25.0. The Morgan fingerprint density at radius 2 is 2.14 bits per heavy atom. The molecule has 0 aromatic carbocycles. The highest BCUT2D eigenvalue weighted by atomic mass is 79.9. The van der Waals surface area contributed by atoms with Crippen molar-refractivity contribution in [1.29, 1.82) is 0 Å². The maximum absolute atomic E-state index is 12.4. The number of aromatic nitrogens is 1. The Labute approximate surface area is 96.6 Å². The predicted molar refractivity (Wildman–Crippen MR) is 55.4 cm³/mol. The van der Waals surface area contributed by atoms with Crippen molar-refractivity contribution in [2.45, 2.75) is 18.4 Å². The van der Waals surface area contributed by atoms with Crippen LogP contribution in [-0.2, 0) is 11.9 Å². The first-order valence-electron chi connectivity index (χ1n) is 3.73. The second-order valence-corrected chi connectivity index (χ2v) is 3.97. The molecule has 6 heteroatoms. The van der Waals surface area contributed by atoms with Crippen molar-refractivity contribution in [2.75, 3.05) is 0 Å². The average Bonchev–Trinajstić information content (AvgIpc) is 2.16. The van der Waals surface area contributed by atoms with Crippen LogP contribution in [-0.4, -0.2) is 10.1 Å². The molecule has 0 bridgehead atoms. The molecule has 1 N–H and O–H groups in total. The van der Waals surface area contributed by atoms with E-state index in [-0.39, 0.29) is 16.8 Å². The maximum atomic E-state index is 12.4. The summed E-state index contributed by atoms with van der Waals surface area (Å²) in [5.74, 6) is 0. The molecular weight excluding hydrogens is 324 g/mol. The zero-order chi connectivity index (χ0) is 10.7. The fourth-order valence-corrected chi connectivity index (χ4v) is 2.01. The quantitative estimate of drug-likeness (QED) is 0.863. The van der Waals surface area contributed by atoms with E-state index in [2.05, 4.69) is 36.8 Å². The summed E-state index contributed by atoms with van der Waals surface area (Å²) in [7, 11) is 0. The zero-order valence-electron chi connectivity index (χ0n) is 6.98. The minimum atomic E-state index is -2.62. The van der Waals surface area contributed by atoms with Gasteiger partial charge < -0.3 is 5.11 Å². The lowest BCUT2D eigenvalue weighted by molar-refractivity contribution is 0.144. The van der Waals surface area contributed by atoms with Crippen LogP contribution in [0.5, 0.6) is 0 Å². The van der Waals surface area contributed by atoms with E-state index in [4.69, 9.17) is 5.11 Å². The number of alkyl halides is 3. The first-order chi connectivity index (χ1) is 6.60. The van der Waals surface area contributed by atoms with Crippen molar-refractivity contribution in [3.8, 4) is 0 Å². The lowest BCUT2D eigenvalue weighted by Gasteiger charge is -2.08. The van der Waals surface area contributed by atoms with E-state index in [9.17, 15) is 8.78 Å². The number of hydrogen-bond donors (Lipinski definition) is 1. The summed E-state index contributed by atoms with van der Waals surface area (Å²) in [5.41, 5.74) is 0.681. The van der Waals surface area contributed by atoms with Gasteiger partial charge >= 0.3 is 0 Å². The second-order valence-electron chi connectivity index (χ2n) is 2.55. The molecule has 0 aliphatic heterocycles. The Hall–Kier alpha value is -0.0700. The van der Waals surface area contributed by atoms with Gasteiger partial charge in [-0.25, -0.2) is 13.8 Å². The molecule has 1 aromatic rings. The van der Waals surface area contributed by atoms with Crippen LogP contribution in [0, 0.1) is 0 Å². The number of rotatable bonds is 3. The molecule has 0 saturated heterocycles. The third kappa shape index (κ3) is 2.49. The normalized spacial score (nSPS) is 11.0. The van der Waals surface area contributed by atoms with Crippen LogP contribution < -0.4 is 0 Å². The van der Waals surface area contributed by atoms with E-state index >= 15 is 0 Å². The van der Waals surface area contributed by atoms with E-state index in [1.54, 1.807) is 0 Å². The molecular formula is C8H7Br2F2NO. The van der Waals surface area contributed by atoms with Gasteiger partial charge in [0.25, 0.3) is 6.43 Å². The predicted octanol–water partition coefficient (Wildman–Crippen LogP) is 3.17. The highest BCUT2D eigenvalue weighted by molar-refractivity contribution is 9.10. The molecule has 0 unspecified atom stereocenters. The van der Waals surface area contributed by atoms with Crippen LogP contribution in [0.3, 0.4) is 0 Å². The monoisotopic (exact) mass is 329 g/mol. The molecule has 2 nitrogen and oxygen atoms in total. The van der Waals surface area contributed by atoms with Gasteiger partial charge in [-0.1, -0.05) is 15.9 Å². The highest BCUT2D eigenvalue weighted by Crippen LogP contribution is 2.28. The van der Waals surface area contributed by atoms with Crippen LogP contribution in [0.1, 0.15) is 23.4 Å². The summed E-state index contributed by atoms with van der Waals surface area (Å²) in [6, 6.07) is 1.46. The van der Waals surface area contributed by atoms with Gasteiger partial charge in [0.05, 0.1) is 12.3 Å². The van der Waals surface area contributed by atoms with Crippen molar-refractivity contribution >= 4 is 31.9 Å². The zero-order valence-corrected chi connectivity index (χ0v) is 10.1. The summed E-state index contributed by atoms with van der Waals surface area (Å²) in [6.45, 7) is -0.212. The van der Waals surface area contributed by atoms with Crippen LogP contribution in [0.25, 0.3) is 0 Å². The van der Waals surface area contributed by atoms with Crippen molar-refractivity contribution in [1.82, 2.24) is 4.98 Å². The van der Waals surface area contributed by atoms with Gasteiger partial charge in [-0.3, -0.25) is 0 Å². The Morgan fingerprint density at radius 3 is 2.57 bits per heavy atom. The number of halogens is 4. The topological polar surface area (TPSA) is 33.1 Å². The fraction of sp³-hybridized carbons (Fsp3) is 0.375. The molecule has 0 saturated carbocycles. The molecule has 0 aliphatic rings. The van der Waals surface area contributed by atoms with Gasteiger partial charge in [0.2, 0.25) is 0 Å². The maximum Gasteiger partial charge on any atom is 0.281 e. The van der Waals surface area contributed by atoms with E-state index in [0.717, 1.165) is 0 Å². The Morgan fingerprint density at radius 1 is 1.50 bits per heavy atom. The summed E-state index contributed by atoms with van der Waals surface area (Å²) in [6.07, 6.45) is -2.62. The van der Waals surface area contributed by atoms with Crippen molar-refractivity contribution in [2.24, 2.45) is 0 Å². The number of aliphatic hydroxyl groups excluding tert-OH is 1. The molecule has 78 valence electrons. The van der Waals surface area contributed by atoms with Crippen molar-refractivity contribution in [3.05, 3.63) is 27.5 Å². The minimum Gasteiger partial charge on any atom is -0.392 e. The van der Waals surface area contributed by atoms with Gasteiger partial charge in [0, 0.05) is 15.4 Å². The number of hydrogen-bond acceptors (Lipinski definition) is 2. The van der Waals surface area contributed by atoms with Crippen molar-refractivity contribution < 1.29 is 13.9 Å². The molecule has 1 rings (SSSR count). The molecule has 0 atom stereocenters. The van der Waals surface area contributed by atoms with Gasteiger partial charge in [-0.15, -0.1) is 0 Å². The standard InChI is InChI=1S/C8H7Br2F2NO/c9-2-6-4(3-14)1-5(10)7(13-6)8(11)12/h1,8,14H,2-3H2. The fourth-order valence-electron chi connectivity index (χ4n) is 0.986. The van der Waals surface area contributed by atoms with Crippen LogP contribution in [0.2, 0.25) is 0 Å². The number of pyridine rings is 1. The number of nitrogens with zero attached hydrogens (tertiary/aromatic N) is 1. The molecule has 0 aliphatic carbocycles. The Bertz CT molecular complexity index is 333. The highest BCUT2D eigenvalue weighted by Gasteiger charge is 2.16. The Balaban J connectivity index is 3.23. The number of aliphatic hydroxyl groups is 1. The summed E-state index contributed by atoms with van der Waals surface area (Å²) >= 11 is 6.11. The smallest absolute Gasteiger partial charge is 0.281 e. The second kappa shape index (κ2) is 5.14. The molecule has 1 aromatic heterocycles. The van der Waals surface area contributed by atoms with Gasteiger partial charge in [0.1, 0.15) is 5.69 Å². The minimum absolute atomic E-state index is 0.212. The van der Waals surface area contributed by atoms with Crippen LogP contribution in [0.15, 0.2) is 10.5 Å².